The summed E-state index contributed by atoms with van der Waals surface area (Å²) >= 11 is 0. The van der Waals surface area contributed by atoms with E-state index >= 15 is 0 Å². The first-order valence-electron chi connectivity index (χ1n) is 6.38. The van der Waals surface area contributed by atoms with Gasteiger partial charge in [0.25, 0.3) is 0 Å². The van der Waals surface area contributed by atoms with Crippen LogP contribution in [0.15, 0.2) is 36.4 Å². The van der Waals surface area contributed by atoms with E-state index in [0.717, 1.165) is 5.75 Å². The summed E-state index contributed by atoms with van der Waals surface area (Å²) in [6.07, 6.45) is 0. The third-order valence-electron chi connectivity index (χ3n) is 3.05. The maximum absolute atomic E-state index is 11.1. The average molecular weight is 270 g/mol. The van der Waals surface area contributed by atoms with Gasteiger partial charge >= 0.3 is 0 Å². The van der Waals surface area contributed by atoms with Crippen LogP contribution in [0.1, 0.15) is 18.1 Å². The molecule has 0 aliphatic carbocycles. The number of carbonyl (C=O) groups is 1. The molecule has 2 aromatic rings. The van der Waals surface area contributed by atoms with Gasteiger partial charge in [0.2, 0.25) is 5.91 Å². The molecule has 0 fully saturated rings. The summed E-state index contributed by atoms with van der Waals surface area (Å²) in [5.74, 6) is 1.22. The summed E-state index contributed by atoms with van der Waals surface area (Å²) in [5.41, 5.74) is 9.25. The minimum atomic E-state index is -0.167. The van der Waals surface area contributed by atoms with Crippen LogP contribution in [0, 0.1) is 13.8 Å². The lowest BCUT2D eigenvalue weighted by molar-refractivity contribution is -0.114. The molecule has 1 amide bonds. The van der Waals surface area contributed by atoms with E-state index in [2.05, 4.69) is 12.2 Å². The number of nitrogens with two attached hydrogens (primary N) is 1. The minimum Gasteiger partial charge on any atom is -0.457 e. The van der Waals surface area contributed by atoms with Crippen molar-refractivity contribution in [2.24, 2.45) is 0 Å². The molecule has 0 bridgehead atoms. The number of rotatable bonds is 3. The monoisotopic (exact) mass is 270 g/mol. The normalized spacial score (nSPS) is 10.2. The van der Waals surface area contributed by atoms with Gasteiger partial charge in [-0.05, 0) is 49.2 Å². The zero-order chi connectivity index (χ0) is 14.7. The first-order chi connectivity index (χ1) is 9.45. The minimum absolute atomic E-state index is 0.167. The van der Waals surface area contributed by atoms with Crippen molar-refractivity contribution in [1.82, 2.24) is 0 Å². The number of nitrogens with one attached hydrogen (secondary N) is 1. The van der Waals surface area contributed by atoms with E-state index in [0.29, 0.717) is 17.1 Å². The standard InChI is InChI=1S/C16H18N2O2/c1-10-4-5-13(8-11(10)2)20-14-6-7-15(17)16(9-14)18-12(3)19/h4-9H,17H2,1-3H3,(H,18,19). The van der Waals surface area contributed by atoms with E-state index < -0.39 is 0 Å². The van der Waals surface area contributed by atoms with Crippen LogP contribution in [0.5, 0.6) is 11.5 Å². The van der Waals surface area contributed by atoms with Gasteiger partial charge in [0.05, 0.1) is 11.4 Å². The van der Waals surface area contributed by atoms with Crippen LogP contribution in [0.25, 0.3) is 0 Å². The number of aryl methyl sites for hydroxylation is 2. The maximum atomic E-state index is 11.1. The van der Waals surface area contributed by atoms with Gasteiger partial charge in [0, 0.05) is 13.0 Å². The Kier molecular flexibility index (Phi) is 3.94. The summed E-state index contributed by atoms with van der Waals surface area (Å²) in [5, 5.41) is 2.68. The smallest absolute Gasteiger partial charge is 0.221 e. The van der Waals surface area contributed by atoms with Gasteiger partial charge in [0.1, 0.15) is 11.5 Å². The van der Waals surface area contributed by atoms with Gasteiger partial charge in [-0.2, -0.15) is 0 Å². The lowest BCUT2D eigenvalue weighted by Gasteiger charge is -2.11. The van der Waals surface area contributed by atoms with E-state index in [4.69, 9.17) is 10.5 Å². The Morgan fingerprint density at radius 1 is 1.05 bits per heavy atom. The highest BCUT2D eigenvalue weighted by Crippen LogP contribution is 2.29. The molecule has 0 radical (unpaired) electrons. The maximum Gasteiger partial charge on any atom is 0.221 e. The molecule has 0 saturated carbocycles. The van der Waals surface area contributed by atoms with Crippen LogP contribution in [0.4, 0.5) is 11.4 Å². The van der Waals surface area contributed by atoms with E-state index in [-0.39, 0.29) is 5.91 Å². The third kappa shape index (κ3) is 3.29. The second-order valence-electron chi connectivity index (χ2n) is 4.78. The van der Waals surface area contributed by atoms with Gasteiger partial charge in [0.15, 0.2) is 0 Å². The number of amides is 1. The quantitative estimate of drug-likeness (QED) is 0.837. The fourth-order valence-corrected chi connectivity index (χ4v) is 1.81. The lowest BCUT2D eigenvalue weighted by Crippen LogP contribution is -2.08. The van der Waals surface area contributed by atoms with Gasteiger partial charge in [-0.15, -0.1) is 0 Å². The fourth-order valence-electron chi connectivity index (χ4n) is 1.81. The highest BCUT2D eigenvalue weighted by atomic mass is 16.5. The van der Waals surface area contributed by atoms with E-state index in [9.17, 15) is 4.79 Å². The SMILES string of the molecule is CC(=O)Nc1cc(Oc2ccc(C)c(C)c2)ccc1N. The Hall–Kier alpha value is -2.49. The van der Waals surface area contributed by atoms with Crippen molar-refractivity contribution in [3.63, 3.8) is 0 Å². The molecular formula is C16H18N2O2. The second kappa shape index (κ2) is 5.65. The first-order valence-corrected chi connectivity index (χ1v) is 6.38. The number of carbonyl (C=O) groups excluding carboxylic acids is 1. The molecule has 0 atom stereocenters. The molecule has 2 rings (SSSR count). The predicted molar refractivity (Wildman–Crippen MR) is 81.1 cm³/mol. The molecule has 0 aliphatic heterocycles. The Bertz CT molecular complexity index is 651. The summed E-state index contributed by atoms with van der Waals surface area (Å²) in [4.78, 5) is 11.1. The third-order valence-corrected chi connectivity index (χ3v) is 3.05. The lowest BCUT2D eigenvalue weighted by atomic mass is 10.1. The summed E-state index contributed by atoms with van der Waals surface area (Å²) in [6.45, 7) is 5.53. The number of benzene rings is 2. The Morgan fingerprint density at radius 2 is 1.70 bits per heavy atom. The van der Waals surface area contributed by atoms with Crippen LogP contribution >= 0.6 is 0 Å². The molecule has 4 heteroatoms. The number of nitrogen functional groups attached to an aromatic ring is 1. The molecule has 0 aromatic heterocycles. The van der Waals surface area contributed by atoms with E-state index in [1.54, 1.807) is 18.2 Å². The van der Waals surface area contributed by atoms with Crippen molar-refractivity contribution < 1.29 is 9.53 Å². The predicted octanol–water partition coefficient (Wildman–Crippen LogP) is 3.64. The van der Waals surface area contributed by atoms with Crippen LogP contribution < -0.4 is 15.8 Å². The van der Waals surface area contributed by atoms with Crippen molar-refractivity contribution in [3.8, 4) is 11.5 Å². The van der Waals surface area contributed by atoms with Crippen molar-refractivity contribution >= 4 is 17.3 Å². The molecule has 0 unspecified atom stereocenters. The van der Waals surface area contributed by atoms with Crippen LogP contribution in [-0.2, 0) is 4.79 Å². The van der Waals surface area contributed by atoms with Crippen LogP contribution in [-0.4, -0.2) is 5.91 Å². The second-order valence-corrected chi connectivity index (χ2v) is 4.78. The Labute approximate surface area is 118 Å². The molecule has 0 saturated heterocycles. The topological polar surface area (TPSA) is 64.3 Å². The summed E-state index contributed by atoms with van der Waals surface area (Å²) in [7, 11) is 0. The zero-order valence-electron chi connectivity index (χ0n) is 11.9. The Balaban J connectivity index is 2.24. The molecule has 104 valence electrons. The number of hydrogen-bond donors (Lipinski definition) is 2. The molecule has 3 N–H and O–H groups in total. The highest BCUT2D eigenvalue weighted by Gasteiger charge is 2.05. The zero-order valence-corrected chi connectivity index (χ0v) is 11.9. The molecule has 0 spiro atoms. The van der Waals surface area contributed by atoms with E-state index in [1.807, 2.05) is 25.1 Å². The fraction of sp³-hybridized carbons (Fsp3) is 0.188. The molecule has 20 heavy (non-hydrogen) atoms. The Morgan fingerprint density at radius 3 is 2.35 bits per heavy atom. The van der Waals surface area contributed by atoms with Gasteiger partial charge in [-0.1, -0.05) is 6.07 Å². The summed E-state index contributed by atoms with van der Waals surface area (Å²) < 4.78 is 5.78. The summed E-state index contributed by atoms with van der Waals surface area (Å²) in [6, 6.07) is 11.1. The van der Waals surface area contributed by atoms with Gasteiger partial charge < -0.3 is 15.8 Å². The molecule has 0 aliphatic rings. The molecule has 4 nitrogen and oxygen atoms in total. The van der Waals surface area contributed by atoms with Crippen molar-refractivity contribution in [2.45, 2.75) is 20.8 Å². The van der Waals surface area contributed by atoms with Crippen LogP contribution in [0.3, 0.4) is 0 Å². The number of anilines is 2. The highest BCUT2D eigenvalue weighted by molar-refractivity contribution is 5.92. The van der Waals surface area contributed by atoms with Crippen molar-refractivity contribution in [2.75, 3.05) is 11.1 Å². The van der Waals surface area contributed by atoms with Gasteiger partial charge in [-0.25, -0.2) is 0 Å². The molecular weight excluding hydrogens is 252 g/mol. The van der Waals surface area contributed by atoms with Crippen LogP contribution in [0.2, 0.25) is 0 Å². The molecule has 0 heterocycles. The average Bonchev–Trinajstić information content (AvgIpc) is 2.37. The largest absolute Gasteiger partial charge is 0.457 e. The van der Waals surface area contributed by atoms with Crippen molar-refractivity contribution in [1.29, 1.82) is 0 Å². The first kappa shape index (κ1) is 13.9. The van der Waals surface area contributed by atoms with Gasteiger partial charge in [-0.3, -0.25) is 4.79 Å². The molecule has 2 aromatic carbocycles. The number of ether oxygens (including phenoxy) is 1. The van der Waals surface area contributed by atoms with E-state index in [1.165, 1.54) is 18.1 Å². The van der Waals surface area contributed by atoms with Crippen molar-refractivity contribution in [3.05, 3.63) is 47.5 Å². The number of hydrogen-bond acceptors (Lipinski definition) is 3.